The van der Waals surface area contributed by atoms with Crippen molar-refractivity contribution >= 4 is 13.8 Å². The smallest absolute Gasteiger partial charge is 0.306 e. The number of phosphoric acid groups is 1. The molecule has 8 nitrogen and oxygen atoms in total. The largest absolute Gasteiger partial charge is 0.756 e. The van der Waals surface area contributed by atoms with E-state index < -0.39 is 13.9 Å². The molecule has 0 radical (unpaired) electrons. The molecular formula is C59H116NO7P. The number of nitrogens with zero attached hydrogens (tertiary/aromatic N) is 1. The topological polar surface area (TPSA) is 94.1 Å². The molecule has 0 aromatic carbocycles. The van der Waals surface area contributed by atoms with Crippen LogP contribution in [0.5, 0.6) is 0 Å². The summed E-state index contributed by atoms with van der Waals surface area (Å²) in [6, 6.07) is 0. The first-order valence-corrected chi connectivity index (χ1v) is 31.0. The van der Waals surface area contributed by atoms with E-state index in [2.05, 4.69) is 38.2 Å². The molecule has 0 bridgehead atoms. The first-order valence-electron chi connectivity index (χ1n) is 29.6. The van der Waals surface area contributed by atoms with E-state index in [1.165, 1.54) is 231 Å². The number of ether oxygens (including phenoxy) is 2. The van der Waals surface area contributed by atoms with Gasteiger partial charge in [0.1, 0.15) is 19.3 Å². The average Bonchev–Trinajstić information content (AvgIpc) is 3.30. The number of esters is 1. The fourth-order valence-electron chi connectivity index (χ4n) is 8.70. The summed E-state index contributed by atoms with van der Waals surface area (Å²) in [7, 11) is 1.37. The van der Waals surface area contributed by atoms with Crippen LogP contribution in [0.15, 0.2) is 24.3 Å². The van der Waals surface area contributed by atoms with Crippen molar-refractivity contribution in [3.8, 4) is 0 Å². The highest BCUT2D eigenvalue weighted by Gasteiger charge is 2.20. The summed E-state index contributed by atoms with van der Waals surface area (Å²) < 4.78 is 34.9. The van der Waals surface area contributed by atoms with Gasteiger partial charge in [-0.15, -0.1) is 0 Å². The van der Waals surface area contributed by atoms with Crippen LogP contribution in [0.3, 0.4) is 0 Å². The number of quaternary nitrogens is 1. The van der Waals surface area contributed by atoms with Gasteiger partial charge in [0, 0.05) is 13.0 Å². The SMILES string of the molecule is CCCCCCC/C=C\C/C=C\CCCCCCCCCCCCCCCC(=O)OC(COCCCCCCCCCCCCCCCCCCCCCCC)COP(=O)([O-])OCC[N+](C)(C)C. The van der Waals surface area contributed by atoms with Crippen LogP contribution in [0.4, 0.5) is 0 Å². The molecule has 2 unspecified atom stereocenters. The Morgan fingerprint density at radius 2 is 0.809 bits per heavy atom. The number of hydrogen-bond donors (Lipinski definition) is 0. The third-order valence-electron chi connectivity index (χ3n) is 13.3. The van der Waals surface area contributed by atoms with Crippen LogP contribution in [-0.4, -0.2) is 70.7 Å². The van der Waals surface area contributed by atoms with E-state index >= 15 is 0 Å². The summed E-state index contributed by atoms with van der Waals surface area (Å²) in [6.45, 7) is 5.48. The maximum absolute atomic E-state index is 12.8. The van der Waals surface area contributed by atoms with Crippen LogP contribution in [-0.2, 0) is 27.9 Å². The number of likely N-dealkylation sites (N-methyl/N-ethyl adjacent to an activating group) is 1. The molecule has 2 atom stereocenters. The number of rotatable bonds is 56. The zero-order chi connectivity index (χ0) is 49.8. The normalized spacial score (nSPS) is 13.6. The van der Waals surface area contributed by atoms with Crippen LogP contribution in [0, 0.1) is 0 Å². The highest BCUT2D eigenvalue weighted by atomic mass is 31.2. The summed E-state index contributed by atoms with van der Waals surface area (Å²) in [5.41, 5.74) is 0. The monoisotopic (exact) mass is 982 g/mol. The Hall–Kier alpha value is -1.02. The molecule has 0 fully saturated rings. The van der Waals surface area contributed by atoms with Gasteiger partial charge < -0.3 is 27.9 Å². The van der Waals surface area contributed by atoms with Gasteiger partial charge in [0.15, 0.2) is 0 Å². The third kappa shape index (κ3) is 55.9. The van der Waals surface area contributed by atoms with E-state index in [1.807, 2.05) is 21.1 Å². The lowest BCUT2D eigenvalue weighted by atomic mass is 10.0. The van der Waals surface area contributed by atoms with E-state index in [-0.39, 0.29) is 25.8 Å². The van der Waals surface area contributed by atoms with Gasteiger partial charge in [-0.25, -0.2) is 0 Å². The molecule has 0 aromatic heterocycles. The Balaban J connectivity index is 4.02. The van der Waals surface area contributed by atoms with Gasteiger partial charge in [0.05, 0.1) is 34.4 Å². The van der Waals surface area contributed by atoms with Crippen molar-refractivity contribution in [2.24, 2.45) is 0 Å². The maximum atomic E-state index is 12.8. The molecule has 9 heteroatoms. The summed E-state index contributed by atoms with van der Waals surface area (Å²) >= 11 is 0. The standard InChI is InChI=1S/C59H116NO7P/c1-6-8-10-12-14-16-18-20-22-24-26-28-29-30-31-32-34-36-38-40-42-44-46-48-50-52-59(61)67-58(57-66-68(62,63)65-55-53-60(3,4)5)56-64-54-51-49-47-45-43-41-39-37-35-33-27-25-23-21-19-17-15-13-11-9-7-2/h18,20,24,26,58H,6-17,19,21-23,25,27-57H2,1-5H3/b20-18-,26-24-. The van der Waals surface area contributed by atoms with Gasteiger partial charge in [0.2, 0.25) is 0 Å². The zero-order valence-corrected chi connectivity index (χ0v) is 47.0. The molecule has 404 valence electrons. The number of allylic oxidation sites excluding steroid dienone is 4. The van der Waals surface area contributed by atoms with Crippen LogP contribution < -0.4 is 4.89 Å². The molecule has 0 aromatic rings. The molecule has 0 aliphatic rings. The minimum Gasteiger partial charge on any atom is -0.756 e. The van der Waals surface area contributed by atoms with Crippen molar-refractivity contribution in [3.63, 3.8) is 0 Å². The quantitative estimate of drug-likeness (QED) is 0.0197. The molecule has 0 saturated carbocycles. The minimum absolute atomic E-state index is 0.0290. The second-order valence-corrected chi connectivity index (χ2v) is 22.8. The molecule has 0 heterocycles. The number of phosphoric ester groups is 1. The zero-order valence-electron chi connectivity index (χ0n) is 46.1. The average molecular weight is 983 g/mol. The van der Waals surface area contributed by atoms with E-state index in [9.17, 15) is 14.3 Å². The van der Waals surface area contributed by atoms with E-state index in [1.54, 1.807) is 0 Å². The summed E-state index contributed by atoms with van der Waals surface area (Å²) in [6.07, 6.45) is 63.6. The van der Waals surface area contributed by atoms with Crippen LogP contribution in [0.2, 0.25) is 0 Å². The van der Waals surface area contributed by atoms with Gasteiger partial charge >= 0.3 is 5.97 Å². The Bertz CT molecular complexity index is 1140. The second-order valence-electron chi connectivity index (χ2n) is 21.4. The Morgan fingerprint density at radius 3 is 1.19 bits per heavy atom. The number of carbonyl (C=O) groups is 1. The van der Waals surface area contributed by atoms with Crippen molar-refractivity contribution < 1.29 is 37.3 Å². The van der Waals surface area contributed by atoms with Gasteiger partial charge in [-0.05, 0) is 44.9 Å². The van der Waals surface area contributed by atoms with Crippen LogP contribution in [0.1, 0.15) is 290 Å². The summed E-state index contributed by atoms with van der Waals surface area (Å²) in [4.78, 5) is 25.3. The van der Waals surface area contributed by atoms with Crippen LogP contribution in [0.25, 0.3) is 0 Å². The Labute approximate surface area is 423 Å². The molecule has 0 aliphatic heterocycles. The molecule has 0 rings (SSSR count). The fourth-order valence-corrected chi connectivity index (χ4v) is 9.43. The molecule has 0 N–H and O–H groups in total. The number of hydrogen-bond acceptors (Lipinski definition) is 7. The van der Waals surface area contributed by atoms with Crippen molar-refractivity contribution in [1.82, 2.24) is 0 Å². The second kappa shape index (κ2) is 52.3. The highest BCUT2D eigenvalue weighted by Crippen LogP contribution is 2.38. The molecular weight excluding hydrogens is 866 g/mol. The lowest BCUT2D eigenvalue weighted by Gasteiger charge is -2.28. The first kappa shape index (κ1) is 67.0. The highest BCUT2D eigenvalue weighted by molar-refractivity contribution is 7.45. The van der Waals surface area contributed by atoms with E-state index in [0.29, 0.717) is 24.1 Å². The van der Waals surface area contributed by atoms with Gasteiger partial charge in [-0.3, -0.25) is 9.36 Å². The van der Waals surface area contributed by atoms with E-state index in [4.69, 9.17) is 18.5 Å². The van der Waals surface area contributed by atoms with Crippen molar-refractivity contribution in [2.75, 3.05) is 54.1 Å². The predicted octanol–water partition coefficient (Wildman–Crippen LogP) is 18.0. The lowest BCUT2D eigenvalue weighted by Crippen LogP contribution is -2.37. The molecule has 0 aliphatic carbocycles. The van der Waals surface area contributed by atoms with Crippen molar-refractivity contribution in [1.29, 1.82) is 0 Å². The van der Waals surface area contributed by atoms with E-state index in [0.717, 1.165) is 38.5 Å². The minimum atomic E-state index is -4.53. The third-order valence-corrected chi connectivity index (χ3v) is 14.2. The molecule has 0 amide bonds. The molecule has 68 heavy (non-hydrogen) atoms. The van der Waals surface area contributed by atoms with Crippen molar-refractivity contribution in [3.05, 3.63) is 24.3 Å². The Morgan fingerprint density at radius 1 is 0.456 bits per heavy atom. The van der Waals surface area contributed by atoms with Gasteiger partial charge in [-0.2, -0.15) is 0 Å². The van der Waals surface area contributed by atoms with Gasteiger partial charge in [-0.1, -0.05) is 263 Å². The summed E-state index contributed by atoms with van der Waals surface area (Å²) in [5.74, 6) is -0.328. The predicted molar refractivity (Wildman–Crippen MR) is 291 cm³/mol. The number of unbranched alkanes of at least 4 members (excludes halogenated alkanes) is 38. The first-order chi connectivity index (χ1) is 33.1. The Kier molecular flexibility index (Phi) is 51.5. The van der Waals surface area contributed by atoms with Crippen molar-refractivity contribution in [2.45, 2.75) is 296 Å². The van der Waals surface area contributed by atoms with Gasteiger partial charge in [0.25, 0.3) is 7.82 Å². The molecule has 0 saturated heterocycles. The fraction of sp³-hybridized carbons (Fsp3) is 0.915. The number of carbonyl (C=O) groups excluding carboxylic acids is 1. The maximum Gasteiger partial charge on any atom is 0.306 e. The molecule has 0 spiro atoms. The summed E-state index contributed by atoms with van der Waals surface area (Å²) in [5, 5.41) is 0. The van der Waals surface area contributed by atoms with Crippen LogP contribution >= 0.6 is 7.82 Å². The lowest BCUT2D eigenvalue weighted by molar-refractivity contribution is -0.870.